The van der Waals surface area contributed by atoms with Gasteiger partial charge in [0.05, 0.1) is 6.61 Å². The van der Waals surface area contributed by atoms with Gasteiger partial charge in [-0.3, -0.25) is 0 Å². The quantitative estimate of drug-likeness (QED) is 0.642. The third-order valence-corrected chi connectivity index (χ3v) is 4.65. The fourth-order valence-electron chi connectivity index (χ4n) is 2.31. The second-order valence-electron chi connectivity index (χ2n) is 5.28. The van der Waals surface area contributed by atoms with Gasteiger partial charge in [0, 0.05) is 24.4 Å². The molecule has 2 nitrogen and oxygen atoms in total. The molecule has 2 atom stereocenters. The Morgan fingerprint density at radius 3 is 2.82 bits per heavy atom. The van der Waals surface area contributed by atoms with Gasteiger partial charge in [0.2, 0.25) is 0 Å². The maximum Gasteiger partial charge on any atom is 0.0591 e. The predicted octanol–water partition coefficient (Wildman–Crippen LogP) is 3.31. The van der Waals surface area contributed by atoms with Crippen LogP contribution in [0.4, 0.5) is 0 Å². The van der Waals surface area contributed by atoms with Crippen molar-refractivity contribution in [2.24, 2.45) is 5.92 Å². The lowest BCUT2D eigenvalue weighted by molar-refractivity contribution is 0.123. The van der Waals surface area contributed by atoms with Crippen LogP contribution in [0.3, 0.4) is 0 Å². The summed E-state index contributed by atoms with van der Waals surface area (Å²) < 4.78 is 5.63. The second kappa shape index (κ2) is 9.23. The van der Waals surface area contributed by atoms with E-state index in [9.17, 15) is 0 Å². The van der Waals surface area contributed by atoms with Crippen molar-refractivity contribution in [2.75, 3.05) is 25.5 Å². The number of hydrogen-bond acceptors (Lipinski definition) is 3. The molecule has 0 aliphatic heterocycles. The first-order valence-electron chi connectivity index (χ1n) is 7.16. The molecule has 0 aromatic rings. The summed E-state index contributed by atoms with van der Waals surface area (Å²) in [7, 11) is 0. The zero-order valence-electron chi connectivity index (χ0n) is 11.7. The fourth-order valence-corrected chi connectivity index (χ4v) is 3.54. The maximum atomic E-state index is 5.63. The molecule has 17 heavy (non-hydrogen) atoms. The lowest BCUT2D eigenvalue weighted by Gasteiger charge is -2.20. The van der Waals surface area contributed by atoms with Gasteiger partial charge in [-0.1, -0.05) is 27.2 Å². The van der Waals surface area contributed by atoms with E-state index < -0.39 is 0 Å². The van der Waals surface area contributed by atoms with Gasteiger partial charge in [-0.05, 0) is 30.9 Å². The highest BCUT2D eigenvalue weighted by Gasteiger charge is 2.26. The van der Waals surface area contributed by atoms with Gasteiger partial charge in [0.25, 0.3) is 0 Å². The van der Waals surface area contributed by atoms with Gasteiger partial charge < -0.3 is 10.1 Å². The number of thioether (sulfide) groups is 1. The van der Waals surface area contributed by atoms with Crippen LogP contribution >= 0.6 is 11.8 Å². The van der Waals surface area contributed by atoms with Crippen LogP contribution in [0.5, 0.6) is 0 Å². The molecule has 0 aromatic carbocycles. The summed E-state index contributed by atoms with van der Waals surface area (Å²) in [5.74, 6) is 2.00. The molecule has 0 spiro atoms. The summed E-state index contributed by atoms with van der Waals surface area (Å²) in [5, 5.41) is 4.50. The van der Waals surface area contributed by atoms with Crippen molar-refractivity contribution in [2.45, 2.75) is 57.7 Å². The molecule has 0 saturated heterocycles. The third-order valence-electron chi connectivity index (χ3n) is 3.33. The average Bonchev–Trinajstić information content (AvgIpc) is 2.71. The molecule has 1 aliphatic carbocycles. The average molecular weight is 259 g/mol. The summed E-state index contributed by atoms with van der Waals surface area (Å²) in [6.07, 6.45) is 5.31. The summed E-state index contributed by atoms with van der Waals surface area (Å²) in [6, 6.07) is 0.730. The van der Waals surface area contributed by atoms with Gasteiger partial charge in [-0.2, -0.15) is 11.8 Å². The van der Waals surface area contributed by atoms with Gasteiger partial charge >= 0.3 is 0 Å². The van der Waals surface area contributed by atoms with Gasteiger partial charge in [0.1, 0.15) is 0 Å². The Hall–Kier alpha value is 0.270. The lowest BCUT2D eigenvalue weighted by atomic mass is 10.1. The number of hydrogen-bond donors (Lipinski definition) is 1. The summed E-state index contributed by atoms with van der Waals surface area (Å²) in [4.78, 5) is 0. The standard InChI is InChI=1S/C14H29NOS/c1-4-17-14-7-5-6-13(14)15-9-11-16-10-8-12(2)3/h12-15H,4-11H2,1-3H3. The van der Waals surface area contributed by atoms with Crippen molar-refractivity contribution in [1.82, 2.24) is 5.32 Å². The Labute approximate surface area is 111 Å². The monoisotopic (exact) mass is 259 g/mol. The zero-order chi connectivity index (χ0) is 12.5. The molecule has 0 radical (unpaired) electrons. The summed E-state index contributed by atoms with van der Waals surface area (Å²) in [6.45, 7) is 9.54. The molecule has 2 unspecified atom stereocenters. The van der Waals surface area contributed by atoms with Crippen LogP contribution in [-0.4, -0.2) is 36.8 Å². The van der Waals surface area contributed by atoms with Crippen LogP contribution < -0.4 is 5.32 Å². The summed E-state index contributed by atoms with van der Waals surface area (Å²) >= 11 is 2.12. The van der Waals surface area contributed by atoms with Crippen LogP contribution in [0, 0.1) is 5.92 Å². The second-order valence-corrected chi connectivity index (χ2v) is 6.80. The highest BCUT2D eigenvalue weighted by atomic mass is 32.2. The normalized spacial score (nSPS) is 24.7. The van der Waals surface area contributed by atoms with E-state index in [0.29, 0.717) is 0 Å². The van der Waals surface area contributed by atoms with E-state index in [4.69, 9.17) is 4.74 Å². The highest BCUT2D eigenvalue weighted by molar-refractivity contribution is 7.99. The van der Waals surface area contributed by atoms with E-state index in [2.05, 4.69) is 37.8 Å². The van der Waals surface area contributed by atoms with Gasteiger partial charge in [-0.15, -0.1) is 0 Å². The Balaban J connectivity index is 1.98. The molecule has 1 fully saturated rings. The molecule has 0 bridgehead atoms. The molecule has 1 aliphatic rings. The van der Waals surface area contributed by atoms with E-state index in [-0.39, 0.29) is 0 Å². The van der Waals surface area contributed by atoms with Crippen LogP contribution in [0.2, 0.25) is 0 Å². The van der Waals surface area contributed by atoms with Crippen molar-refractivity contribution in [3.8, 4) is 0 Å². The fraction of sp³-hybridized carbons (Fsp3) is 1.00. The van der Waals surface area contributed by atoms with E-state index in [1.165, 1.54) is 31.4 Å². The molecule has 0 amide bonds. The zero-order valence-corrected chi connectivity index (χ0v) is 12.5. The molecule has 3 heteroatoms. The van der Waals surface area contributed by atoms with Crippen molar-refractivity contribution >= 4 is 11.8 Å². The van der Waals surface area contributed by atoms with Crippen LogP contribution in [-0.2, 0) is 4.74 Å². The van der Waals surface area contributed by atoms with Crippen LogP contribution in [0.15, 0.2) is 0 Å². The lowest BCUT2D eigenvalue weighted by Crippen LogP contribution is -2.36. The van der Waals surface area contributed by atoms with E-state index in [1.807, 2.05) is 0 Å². The van der Waals surface area contributed by atoms with Crippen molar-refractivity contribution < 1.29 is 4.74 Å². The van der Waals surface area contributed by atoms with Gasteiger partial charge in [-0.25, -0.2) is 0 Å². The van der Waals surface area contributed by atoms with Crippen LogP contribution in [0.25, 0.3) is 0 Å². The Kier molecular flexibility index (Phi) is 8.33. The molecule has 0 heterocycles. The molecule has 1 N–H and O–H groups in total. The third kappa shape index (κ3) is 6.68. The topological polar surface area (TPSA) is 21.3 Å². The van der Waals surface area contributed by atoms with E-state index >= 15 is 0 Å². The molecule has 102 valence electrons. The first-order valence-corrected chi connectivity index (χ1v) is 8.21. The SMILES string of the molecule is CCSC1CCCC1NCCOCCC(C)C. The summed E-state index contributed by atoms with van der Waals surface area (Å²) in [5.41, 5.74) is 0. The molecular weight excluding hydrogens is 230 g/mol. The maximum absolute atomic E-state index is 5.63. The van der Waals surface area contributed by atoms with Crippen molar-refractivity contribution in [3.63, 3.8) is 0 Å². The molecular formula is C14H29NOS. The molecule has 0 aromatic heterocycles. The van der Waals surface area contributed by atoms with Crippen molar-refractivity contribution in [3.05, 3.63) is 0 Å². The number of ether oxygens (including phenoxy) is 1. The predicted molar refractivity (Wildman–Crippen MR) is 77.8 cm³/mol. The minimum atomic E-state index is 0.730. The first-order chi connectivity index (χ1) is 8.24. The first kappa shape index (κ1) is 15.3. The minimum absolute atomic E-state index is 0.730. The Bertz CT molecular complexity index is 187. The van der Waals surface area contributed by atoms with Crippen LogP contribution in [0.1, 0.15) is 46.5 Å². The highest BCUT2D eigenvalue weighted by Crippen LogP contribution is 2.29. The van der Waals surface area contributed by atoms with Gasteiger partial charge in [0.15, 0.2) is 0 Å². The van der Waals surface area contributed by atoms with E-state index in [1.54, 1.807) is 0 Å². The largest absolute Gasteiger partial charge is 0.380 e. The Morgan fingerprint density at radius 2 is 2.12 bits per heavy atom. The van der Waals surface area contributed by atoms with Crippen molar-refractivity contribution in [1.29, 1.82) is 0 Å². The minimum Gasteiger partial charge on any atom is -0.380 e. The number of rotatable bonds is 9. The molecule has 1 rings (SSSR count). The Morgan fingerprint density at radius 1 is 1.29 bits per heavy atom. The van der Waals surface area contributed by atoms with E-state index in [0.717, 1.165) is 37.0 Å². The molecule has 1 saturated carbocycles. The number of nitrogens with one attached hydrogen (secondary N) is 1. The smallest absolute Gasteiger partial charge is 0.0591 e.